The SMILES string of the molecule is Cc1cccc(C)c1CNCc1ccccn1. The van der Waals surface area contributed by atoms with Gasteiger partial charge in [0.1, 0.15) is 0 Å². The second kappa shape index (κ2) is 5.60. The second-order valence-electron chi connectivity index (χ2n) is 4.29. The summed E-state index contributed by atoms with van der Waals surface area (Å²) in [7, 11) is 0. The average molecular weight is 226 g/mol. The Morgan fingerprint density at radius 1 is 0.941 bits per heavy atom. The van der Waals surface area contributed by atoms with Crippen molar-refractivity contribution >= 4 is 0 Å². The average Bonchev–Trinajstić information content (AvgIpc) is 2.34. The lowest BCUT2D eigenvalue weighted by molar-refractivity contribution is 0.675. The molecular formula is C15H18N2. The Hall–Kier alpha value is -1.67. The zero-order valence-corrected chi connectivity index (χ0v) is 10.4. The maximum atomic E-state index is 4.29. The van der Waals surface area contributed by atoms with Crippen LogP contribution in [0.3, 0.4) is 0 Å². The van der Waals surface area contributed by atoms with E-state index in [0.29, 0.717) is 0 Å². The van der Waals surface area contributed by atoms with Crippen molar-refractivity contribution in [1.82, 2.24) is 10.3 Å². The Bertz CT molecular complexity index is 457. The smallest absolute Gasteiger partial charge is 0.0541 e. The summed E-state index contributed by atoms with van der Waals surface area (Å²) < 4.78 is 0. The van der Waals surface area contributed by atoms with Gasteiger partial charge >= 0.3 is 0 Å². The third-order valence-corrected chi connectivity index (χ3v) is 2.98. The van der Waals surface area contributed by atoms with Gasteiger partial charge < -0.3 is 5.32 Å². The predicted octanol–water partition coefficient (Wildman–Crippen LogP) is 2.99. The molecule has 0 amide bonds. The Morgan fingerprint density at radius 2 is 1.71 bits per heavy atom. The van der Waals surface area contributed by atoms with Gasteiger partial charge in [-0.15, -0.1) is 0 Å². The zero-order valence-electron chi connectivity index (χ0n) is 10.4. The standard InChI is InChI=1S/C15H18N2/c1-12-6-5-7-13(2)15(12)11-16-10-14-8-3-4-9-17-14/h3-9,16H,10-11H2,1-2H3. The van der Waals surface area contributed by atoms with Gasteiger partial charge in [0.2, 0.25) is 0 Å². The van der Waals surface area contributed by atoms with E-state index in [9.17, 15) is 0 Å². The van der Waals surface area contributed by atoms with Crippen LogP contribution >= 0.6 is 0 Å². The fraction of sp³-hybridized carbons (Fsp3) is 0.267. The van der Waals surface area contributed by atoms with Crippen LogP contribution in [0.15, 0.2) is 42.6 Å². The molecule has 0 bridgehead atoms. The molecule has 2 nitrogen and oxygen atoms in total. The minimum atomic E-state index is 0.814. The van der Waals surface area contributed by atoms with Crippen molar-refractivity contribution in [2.24, 2.45) is 0 Å². The van der Waals surface area contributed by atoms with Gasteiger partial charge in [-0.2, -0.15) is 0 Å². The van der Waals surface area contributed by atoms with Crippen molar-refractivity contribution in [2.75, 3.05) is 0 Å². The van der Waals surface area contributed by atoms with E-state index in [4.69, 9.17) is 0 Å². The summed E-state index contributed by atoms with van der Waals surface area (Å²) in [4.78, 5) is 4.29. The summed E-state index contributed by atoms with van der Waals surface area (Å²) in [6.07, 6.45) is 1.83. The molecule has 2 aromatic rings. The first-order valence-electron chi connectivity index (χ1n) is 5.93. The highest BCUT2D eigenvalue weighted by Crippen LogP contribution is 2.12. The number of hydrogen-bond acceptors (Lipinski definition) is 2. The molecule has 0 saturated heterocycles. The van der Waals surface area contributed by atoms with Crippen LogP contribution < -0.4 is 5.32 Å². The minimum absolute atomic E-state index is 0.814. The van der Waals surface area contributed by atoms with Crippen LogP contribution in [0, 0.1) is 13.8 Å². The first kappa shape index (κ1) is 11.8. The molecule has 0 aliphatic heterocycles. The van der Waals surface area contributed by atoms with Crippen LogP contribution in [0.2, 0.25) is 0 Å². The lowest BCUT2D eigenvalue weighted by Crippen LogP contribution is -2.15. The molecule has 2 rings (SSSR count). The molecule has 0 radical (unpaired) electrons. The summed E-state index contributed by atoms with van der Waals surface area (Å²) in [5.74, 6) is 0. The molecule has 1 aromatic carbocycles. The van der Waals surface area contributed by atoms with Gasteiger partial charge in [-0.05, 0) is 42.7 Å². The highest BCUT2D eigenvalue weighted by atomic mass is 14.9. The Morgan fingerprint density at radius 3 is 2.35 bits per heavy atom. The van der Waals surface area contributed by atoms with Crippen molar-refractivity contribution < 1.29 is 0 Å². The van der Waals surface area contributed by atoms with Crippen molar-refractivity contribution in [3.8, 4) is 0 Å². The highest BCUT2D eigenvalue weighted by molar-refractivity contribution is 5.33. The van der Waals surface area contributed by atoms with E-state index in [1.807, 2.05) is 24.4 Å². The molecule has 0 fully saturated rings. The van der Waals surface area contributed by atoms with Gasteiger partial charge in [-0.3, -0.25) is 4.98 Å². The largest absolute Gasteiger partial charge is 0.307 e. The van der Waals surface area contributed by atoms with E-state index in [2.05, 4.69) is 42.3 Å². The number of pyridine rings is 1. The number of nitrogens with one attached hydrogen (secondary N) is 1. The minimum Gasteiger partial charge on any atom is -0.307 e. The van der Waals surface area contributed by atoms with Crippen molar-refractivity contribution in [2.45, 2.75) is 26.9 Å². The summed E-state index contributed by atoms with van der Waals surface area (Å²) in [5, 5.41) is 3.44. The number of aromatic nitrogens is 1. The van der Waals surface area contributed by atoms with Gasteiger partial charge in [0.05, 0.1) is 5.69 Å². The monoisotopic (exact) mass is 226 g/mol. The lowest BCUT2D eigenvalue weighted by Gasteiger charge is -2.10. The lowest BCUT2D eigenvalue weighted by atomic mass is 10.0. The van der Waals surface area contributed by atoms with Crippen LogP contribution in [0.5, 0.6) is 0 Å². The van der Waals surface area contributed by atoms with E-state index in [1.54, 1.807) is 0 Å². The summed E-state index contributed by atoms with van der Waals surface area (Å²) in [6, 6.07) is 12.4. The number of hydrogen-bond donors (Lipinski definition) is 1. The molecule has 0 atom stereocenters. The van der Waals surface area contributed by atoms with Crippen LogP contribution in [-0.4, -0.2) is 4.98 Å². The number of aryl methyl sites for hydroxylation is 2. The van der Waals surface area contributed by atoms with E-state index < -0.39 is 0 Å². The second-order valence-corrected chi connectivity index (χ2v) is 4.29. The van der Waals surface area contributed by atoms with Gasteiger partial charge in [0.15, 0.2) is 0 Å². The Balaban J connectivity index is 1.95. The van der Waals surface area contributed by atoms with Crippen molar-refractivity contribution in [1.29, 1.82) is 0 Å². The highest BCUT2D eigenvalue weighted by Gasteiger charge is 2.01. The molecule has 1 N–H and O–H groups in total. The molecular weight excluding hydrogens is 208 g/mol. The molecule has 88 valence electrons. The maximum absolute atomic E-state index is 4.29. The third kappa shape index (κ3) is 3.14. The van der Waals surface area contributed by atoms with Crippen LogP contribution in [0.1, 0.15) is 22.4 Å². The summed E-state index contributed by atoms with van der Waals surface area (Å²) >= 11 is 0. The van der Waals surface area contributed by atoms with Crippen LogP contribution in [0.25, 0.3) is 0 Å². The van der Waals surface area contributed by atoms with E-state index in [0.717, 1.165) is 18.8 Å². The van der Waals surface area contributed by atoms with Gasteiger partial charge in [-0.1, -0.05) is 24.3 Å². The quantitative estimate of drug-likeness (QED) is 0.867. The number of nitrogens with zero attached hydrogens (tertiary/aromatic N) is 1. The summed E-state index contributed by atoms with van der Waals surface area (Å²) in [6.45, 7) is 6.03. The van der Waals surface area contributed by atoms with Gasteiger partial charge in [0, 0.05) is 19.3 Å². The van der Waals surface area contributed by atoms with Crippen LogP contribution in [0.4, 0.5) is 0 Å². The molecule has 0 aliphatic rings. The molecule has 2 heteroatoms. The van der Waals surface area contributed by atoms with Gasteiger partial charge in [0.25, 0.3) is 0 Å². The van der Waals surface area contributed by atoms with Crippen molar-refractivity contribution in [3.63, 3.8) is 0 Å². The van der Waals surface area contributed by atoms with Crippen LogP contribution in [-0.2, 0) is 13.1 Å². The Kier molecular flexibility index (Phi) is 3.89. The third-order valence-electron chi connectivity index (χ3n) is 2.98. The molecule has 0 saturated carbocycles. The molecule has 0 spiro atoms. The zero-order chi connectivity index (χ0) is 12.1. The van der Waals surface area contributed by atoms with Crippen molar-refractivity contribution in [3.05, 3.63) is 65.0 Å². The molecule has 1 aromatic heterocycles. The van der Waals surface area contributed by atoms with E-state index in [-0.39, 0.29) is 0 Å². The molecule has 0 unspecified atom stereocenters. The fourth-order valence-corrected chi connectivity index (χ4v) is 1.95. The van der Waals surface area contributed by atoms with Gasteiger partial charge in [-0.25, -0.2) is 0 Å². The van der Waals surface area contributed by atoms with E-state index in [1.165, 1.54) is 16.7 Å². The molecule has 0 aliphatic carbocycles. The number of rotatable bonds is 4. The first-order valence-corrected chi connectivity index (χ1v) is 5.93. The Labute approximate surface area is 103 Å². The fourth-order valence-electron chi connectivity index (χ4n) is 1.95. The topological polar surface area (TPSA) is 24.9 Å². The normalized spacial score (nSPS) is 10.5. The molecule has 17 heavy (non-hydrogen) atoms. The van der Waals surface area contributed by atoms with E-state index >= 15 is 0 Å². The predicted molar refractivity (Wildman–Crippen MR) is 70.7 cm³/mol. The maximum Gasteiger partial charge on any atom is 0.0541 e. The number of benzene rings is 1. The first-order chi connectivity index (χ1) is 8.27. The molecule has 1 heterocycles. The summed E-state index contributed by atoms with van der Waals surface area (Å²) in [5.41, 5.74) is 5.17.